The van der Waals surface area contributed by atoms with Crippen molar-refractivity contribution in [3.8, 4) is 5.82 Å². The zero-order valence-electron chi connectivity index (χ0n) is 15.0. The number of aromatic nitrogens is 5. The molecule has 7 nitrogen and oxygen atoms in total. The molecule has 1 aliphatic heterocycles. The van der Waals surface area contributed by atoms with E-state index in [4.69, 9.17) is 0 Å². The summed E-state index contributed by atoms with van der Waals surface area (Å²) in [6, 6.07) is 12.1. The molecule has 1 unspecified atom stereocenters. The summed E-state index contributed by atoms with van der Waals surface area (Å²) >= 11 is 0. The molecule has 1 saturated heterocycles. The lowest BCUT2D eigenvalue weighted by Gasteiger charge is -2.16. The molecule has 1 amide bonds. The van der Waals surface area contributed by atoms with E-state index >= 15 is 0 Å². The van der Waals surface area contributed by atoms with Gasteiger partial charge in [-0.3, -0.25) is 9.48 Å². The normalized spacial score (nSPS) is 17.2. The standard InChI is InChI=1S/C19H22N6O/c1-3-16-21-17(25(22-16)18-9-10-20-23(18)2)13-24-12-15(11-19(24)26)14-7-5-4-6-8-14/h4-10,15H,3,11-13H2,1-2H3. The Morgan fingerprint density at radius 1 is 1.19 bits per heavy atom. The molecule has 1 fully saturated rings. The van der Waals surface area contributed by atoms with Gasteiger partial charge in [-0.2, -0.15) is 9.78 Å². The maximum atomic E-state index is 12.6. The molecule has 0 spiro atoms. The number of amides is 1. The number of carbonyl (C=O) groups excluding carboxylic acids is 1. The van der Waals surface area contributed by atoms with Crippen molar-refractivity contribution in [2.45, 2.75) is 32.2 Å². The van der Waals surface area contributed by atoms with Gasteiger partial charge in [-0.1, -0.05) is 37.3 Å². The Morgan fingerprint density at radius 2 is 2.00 bits per heavy atom. The van der Waals surface area contributed by atoms with Gasteiger partial charge in [0.1, 0.15) is 0 Å². The molecule has 26 heavy (non-hydrogen) atoms. The number of carbonyl (C=O) groups is 1. The minimum absolute atomic E-state index is 0.163. The number of rotatable bonds is 5. The van der Waals surface area contributed by atoms with Crippen LogP contribution in [0.5, 0.6) is 0 Å². The van der Waals surface area contributed by atoms with Crippen LogP contribution in [0.1, 0.15) is 36.5 Å². The molecule has 0 aliphatic carbocycles. The van der Waals surface area contributed by atoms with E-state index in [2.05, 4.69) is 27.3 Å². The maximum absolute atomic E-state index is 12.6. The van der Waals surface area contributed by atoms with Gasteiger partial charge in [-0.05, 0) is 5.56 Å². The molecular weight excluding hydrogens is 328 g/mol. The Kier molecular flexibility index (Phi) is 4.28. The highest BCUT2D eigenvalue weighted by Gasteiger charge is 2.31. The van der Waals surface area contributed by atoms with Crippen LogP contribution in [0.3, 0.4) is 0 Å². The van der Waals surface area contributed by atoms with Crippen molar-refractivity contribution in [2.75, 3.05) is 6.54 Å². The van der Waals surface area contributed by atoms with Gasteiger partial charge in [-0.15, -0.1) is 5.10 Å². The molecule has 1 atom stereocenters. The highest BCUT2D eigenvalue weighted by molar-refractivity contribution is 5.79. The number of benzene rings is 1. The van der Waals surface area contributed by atoms with Crippen LogP contribution in [0.25, 0.3) is 5.82 Å². The van der Waals surface area contributed by atoms with Crippen LogP contribution in [-0.4, -0.2) is 41.9 Å². The predicted molar refractivity (Wildman–Crippen MR) is 96.7 cm³/mol. The quantitative estimate of drug-likeness (QED) is 0.706. The van der Waals surface area contributed by atoms with Crippen molar-refractivity contribution in [3.05, 3.63) is 59.8 Å². The monoisotopic (exact) mass is 350 g/mol. The minimum Gasteiger partial charge on any atom is -0.335 e. The smallest absolute Gasteiger partial charge is 0.223 e. The highest BCUT2D eigenvalue weighted by Crippen LogP contribution is 2.29. The molecular formula is C19H22N6O. The van der Waals surface area contributed by atoms with E-state index in [1.165, 1.54) is 5.56 Å². The van der Waals surface area contributed by atoms with Crippen LogP contribution in [0.15, 0.2) is 42.6 Å². The van der Waals surface area contributed by atoms with Gasteiger partial charge in [0.05, 0.1) is 12.7 Å². The van der Waals surface area contributed by atoms with Crippen molar-refractivity contribution in [1.82, 2.24) is 29.4 Å². The van der Waals surface area contributed by atoms with Crippen molar-refractivity contribution in [2.24, 2.45) is 7.05 Å². The molecule has 134 valence electrons. The average molecular weight is 350 g/mol. The third kappa shape index (κ3) is 3.00. The average Bonchev–Trinajstić information content (AvgIpc) is 3.35. The third-order valence-corrected chi connectivity index (χ3v) is 4.86. The van der Waals surface area contributed by atoms with Gasteiger partial charge in [-0.25, -0.2) is 4.98 Å². The second kappa shape index (κ2) is 6.74. The summed E-state index contributed by atoms with van der Waals surface area (Å²) in [6.07, 6.45) is 3.03. The Hall–Kier alpha value is -2.96. The number of nitrogens with zero attached hydrogens (tertiary/aromatic N) is 6. The molecule has 1 aromatic carbocycles. The van der Waals surface area contributed by atoms with Crippen LogP contribution in [0, 0.1) is 0 Å². The second-order valence-electron chi connectivity index (χ2n) is 6.61. The topological polar surface area (TPSA) is 68.8 Å². The predicted octanol–water partition coefficient (Wildman–Crippen LogP) is 2.08. The van der Waals surface area contributed by atoms with Crippen LogP contribution in [0.2, 0.25) is 0 Å². The zero-order chi connectivity index (χ0) is 18.1. The van der Waals surface area contributed by atoms with Crippen molar-refractivity contribution >= 4 is 5.91 Å². The fourth-order valence-corrected chi connectivity index (χ4v) is 3.45. The van der Waals surface area contributed by atoms with E-state index in [1.54, 1.807) is 15.6 Å². The maximum Gasteiger partial charge on any atom is 0.223 e. The van der Waals surface area contributed by atoms with Gasteiger partial charge in [0.15, 0.2) is 17.5 Å². The van der Waals surface area contributed by atoms with Gasteiger partial charge in [0.25, 0.3) is 0 Å². The second-order valence-corrected chi connectivity index (χ2v) is 6.61. The molecule has 0 saturated carbocycles. The Balaban J connectivity index is 1.59. The molecule has 3 heterocycles. The van der Waals surface area contributed by atoms with E-state index in [1.807, 2.05) is 43.1 Å². The molecule has 4 rings (SSSR count). The summed E-state index contributed by atoms with van der Waals surface area (Å²) in [5.74, 6) is 2.79. The summed E-state index contributed by atoms with van der Waals surface area (Å²) in [5, 5.41) is 8.80. The Labute approximate surface area is 152 Å². The first-order chi connectivity index (χ1) is 12.7. The van der Waals surface area contributed by atoms with E-state index in [0.29, 0.717) is 19.5 Å². The fourth-order valence-electron chi connectivity index (χ4n) is 3.45. The summed E-state index contributed by atoms with van der Waals surface area (Å²) in [7, 11) is 1.87. The largest absolute Gasteiger partial charge is 0.335 e. The summed E-state index contributed by atoms with van der Waals surface area (Å²) in [4.78, 5) is 19.1. The van der Waals surface area contributed by atoms with E-state index in [-0.39, 0.29) is 11.8 Å². The van der Waals surface area contributed by atoms with Crippen molar-refractivity contribution in [1.29, 1.82) is 0 Å². The van der Waals surface area contributed by atoms with Crippen LogP contribution in [-0.2, 0) is 24.8 Å². The zero-order valence-corrected chi connectivity index (χ0v) is 15.0. The molecule has 0 radical (unpaired) electrons. The van der Waals surface area contributed by atoms with E-state index < -0.39 is 0 Å². The van der Waals surface area contributed by atoms with Gasteiger partial charge in [0, 0.05) is 38.4 Å². The lowest BCUT2D eigenvalue weighted by atomic mass is 9.99. The summed E-state index contributed by atoms with van der Waals surface area (Å²) < 4.78 is 3.56. The van der Waals surface area contributed by atoms with Gasteiger partial charge >= 0.3 is 0 Å². The van der Waals surface area contributed by atoms with Crippen LogP contribution < -0.4 is 0 Å². The Morgan fingerprint density at radius 3 is 2.69 bits per heavy atom. The molecule has 3 aromatic rings. The van der Waals surface area contributed by atoms with Crippen molar-refractivity contribution in [3.63, 3.8) is 0 Å². The third-order valence-electron chi connectivity index (χ3n) is 4.86. The van der Waals surface area contributed by atoms with E-state index in [0.717, 1.165) is 23.9 Å². The van der Waals surface area contributed by atoms with Crippen LogP contribution >= 0.6 is 0 Å². The Bertz CT molecular complexity index is 913. The van der Waals surface area contributed by atoms with E-state index in [9.17, 15) is 4.79 Å². The summed E-state index contributed by atoms with van der Waals surface area (Å²) in [6.45, 7) is 3.20. The number of hydrogen-bond donors (Lipinski definition) is 0. The van der Waals surface area contributed by atoms with Crippen LogP contribution in [0.4, 0.5) is 0 Å². The molecule has 7 heteroatoms. The first kappa shape index (κ1) is 16.5. The molecule has 1 aliphatic rings. The number of likely N-dealkylation sites (tertiary alicyclic amines) is 1. The van der Waals surface area contributed by atoms with Crippen molar-refractivity contribution < 1.29 is 4.79 Å². The lowest BCUT2D eigenvalue weighted by Crippen LogP contribution is -2.26. The first-order valence-electron chi connectivity index (χ1n) is 8.91. The molecule has 0 N–H and O–H groups in total. The fraction of sp³-hybridized carbons (Fsp3) is 0.368. The number of aryl methyl sites for hydroxylation is 2. The first-order valence-corrected chi connectivity index (χ1v) is 8.91. The highest BCUT2D eigenvalue weighted by atomic mass is 16.2. The summed E-state index contributed by atoms with van der Waals surface area (Å²) in [5.41, 5.74) is 1.21. The van der Waals surface area contributed by atoms with Gasteiger partial charge in [0.2, 0.25) is 5.91 Å². The van der Waals surface area contributed by atoms with Gasteiger partial charge < -0.3 is 4.90 Å². The molecule has 2 aromatic heterocycles. The minimum atomic E-state index is 0.163. The SMILES string of the molecule is CCc1nc(CN2CC(c3ccccc3)CC2=O)n(-c2ccnn2C)n1. The lowest BCUT2D eigenvalue weighted by molar-refractivity contribution is -0.128. The number of hydrogen-bond acceptors (Lipinski definition) is 4. The molecule has 0 bridgehead atoms.